The topological polar surface area (TPSA) is 66.9 Å². The molecular weight excluding hydrogens is 259 g/mol. The molecule has 2 aromatic rings. The van der Waals surface area contributed by atoms with Crippen LogP contribution < -0.4 is 10.6 Å². The molecule has 0 aliphatic rings. The fourth-order valence-electron chi connectivity index (χ4n) is 1.90. The van der Waals surface area contributed by atoms with Crippen molar-refractivity contribution in [3.8, 4) is 0 Å². The highest BCUT2D eigenvalue weighted by Gasteiger charge is 2.14. The summed E-state index contributed by atoms with van der Waals surface area (Å²) in [7, 11) is 1.62. The third-order valence-corrected chi connectivity index (χ3v) is 2.68. The van der Waals surface area contributed by atoms with Gasteiger partial charge in [0.1, 0.15) is 17.5 Å². The lowest BCUT2D eigenvalue weighted by Gasteiger charge is -2.09. The number of nitrogens with zero attached hydrogens (tertiary/aromatic N) is 2. The number of aryl methyl sites for hydroxylation is 2. The molecule has 0 atom stereocenters. The Balaban J connectivity index is 2.30. The van der Waals surface area contributed by atoms with Crippen LogP contribution in [0.1, 0.15) is 21.6 Å². The van der Waals surface area contributed by atoms with Gasteiger partial charge < -0.3 is 10.6 Å². The van der Waals surface area contributed by atoms with Gasteiger partial charge in [-0.1, -0.05) is 0 Å². The number of hydrogen-bond donors (Lipinski definition) is 2. The van der Waals surface area contributed by atoms with Crippen LogP contribution in [0.5, 0.6) is 0 Å². The first-order chi connectivity index (χ1) is 9.49. The molecule has 6 heteroatoms. The summed E-state index contributed by atoms with van der Waals surface area (Å²) in [6.07, 6.45) is 1.05. The summed E-state index contributed by atoms with van der Waals surface area (Å²) >= 11 is 0. The van der Waals surface area contributed by atoms with Crippen LogP contribution >= 0.6 is 0 Å². The predicted molar refractivity (Wildman–Crippen MR) is 75.4 cm³/mol. The molecule has 2 heterocycles. The summed E-state index contributed by atoms with van der Waals surface area (Å²) in [6, 6.07) is 4.78. The average Bonchev–Trinajstić information content (AvgIpc) is 2.37. The van der Waals surface area contributed by atoms with Crippen molar-refractivity contribution in [2.45, 2.75) is 13.8 Å². The molecule has 2 rings (SSSR count). The fraction of sp³-hybridized carbons (Fsp3) is 0.214. The predicted octanol–water partition coefficient (Wildman–Crippen LogP) is 2.53. The van der Waals surface area contributed by atoms with E-state index in [0.29, 0.717) is 11.6 Å². The first-order valence-corrected chi connectivity index (χ1v) is 6.09. The Kier molecular flexibility index (Phi) is 3.93. The molecule has 0 spiro atoms. The Hall–Kier alpha value is -2.50. The number of carbonyl (C=O) groups is 1. The first kappa shape index (κ1) is 13.9. The number of carbonyl (C=O) groups excluding carboxylic acids is 1. The summed E-state index contributed by atoms with van der Waals surface area (Å²) in [6.45, 7) is 3.75. The van der Waals surface area contributed by atoms with E-state index in [-0.39, 0.29) is 5.56 Å². The number of amides is 1. The Bertz CT molecular complexity index is 637. The lowest BCUT2D eigenvalue weighted by Crippen LogP contribution is -2.16. The SMILES string of the molecule is CNc1ncc(F)cc1C(=O)Nc1cc(C)cc(C)n1. The lowest BCUT2D eigenvalue weighted by molar-refractivity contribution is 0.102. The summed E-state index contributed by atoms with van der Waals surface area (Å²) < 4.78 is 13.2. The molecule has 1 amide bonds. The second kappa shape index (κ2) is 5.64. The molecule has 0 aliphatic carbocycles. The van der Waals surface area contributed by atoms with Gasteiger partial charge in [0.2, 0.25) is 0 Å². The van der Waals surface area contributed by atoms with Crippen molar-refractivity contribution in [3.63, 3.8) is 0 Å². The van der Waals surface area contributed by atoms with E-state index < -0.39 is 11.7 Å². The molecule has 0 saturated heterocycles. The van der Waals surface area contributed by atoms with Crippen LogP contribution in [0.3, 0.4) is 0 Å². The van der Waals surface area contributed by atoms with E-state index in [2.05, 4.69) is 20.6 Å². The number of hydrogen-bond acceptors (Lipinski definition) is 4. The zero-order valence-electron chi connectivity index (χ0n) is 11.5. The van der Waals surface area contributed by atoms with Crippen molar-refractivity contribution in [1.29, 1.82) is 0 Å². The largest absolute Gasteiger partial charge is 0.372 e. The molecule has 5 nitrogen and oxygen atoms in total. The van der Waals surface area contributed by atoms with Crippen molar-refractivity contribution in [2.24, 2.45) is 0 Å². The van der Waals surface area contributed by atoms with Gasteiger partial charge in [-0.2, -0.15) is 0 Å². The van der Waals surface area contributed by atoms with Crippen molar-refractivity contribution < 1.29 is 9.18 Å². The van der Waals surface area contributed by atoms with Crippen LogP contribution in [0.2, 0.25) is 0 Å². The van der Waals surface area contributed by atoms with E-state index in [1.807, 2.05) is 19.9 Å². The van der Waals surface area contributed by atoms with Crippen molar-refractivity contribution in [1.82, 2.24) is 9.97 Å². The minimum atomic E-state index is -0.567. The van der Waals surface area contributed by atoms with Gasteiger partial charge in [0, 0.05) is 12.7 Å². The quantitative estimate of drug-likeness (QED) is 0.902. The van der Waals surface area contributed by atoms with Gasteiger partial charge in [0.15, 0.2) is 0 Å². The van der Waals surface area contributed by atoms with Gasteiger partial charge in [0.25, 0.3) is 5.91 Å². The van der Waals surface area contributed by atoms with E-state index in [1.54, 1.807) is 13.1 Å². The molecule has 104 valence electrons. The van der Waals surface area contributed by atoms with Crippen molar-refractivity contribution in [2.75, 3.05) is 17.7 Å². The maximum absolute atomic E-state index is 13.2. The van der Waals surface area contributed by atoms with E-state index in [0.717, 1.165) is 23.5 Å². The Morgan fingerprint density at radius 1 is 1.25 bits per heavy atom. The monoisotopic (exact) mass is 274 g/mol. The second-order valence-corrected chi connectivity index (χ2v) is 4.42. The normalized spacial score (nSPS) is 10.2. The van der Waals surface area contributed by atoms with Gasteiger partial charge >= 0.3 is 0 Å². The molecule has 0 radical (unpaired) electrons. The number of nitrogens with one attached hydrogen (secondary N) is 2. The van der Waals surface area contributed by atoms with Crippen LogP contribution in [0.4, 0.5) is 16.0 Å². The molecule has 0 unspecified atom stereocenters. The van der Waals surface area contributed by atoms with E-state index in [4.69, 9.17) is 0 Å². The highest BCUT2D eigenvalue weighted by Crippen LogP contribution is 2.16. The summed E-state index contributed by atoms with van der Waals surface area (Å²) in [4.78, 5) is 20.2. The zero-order chi connectivity index (χ0) is 14.7. The van der Waals surface area contributed by atoms with Crippen molar-refractivity contribution in [3.05, 3.63) is 47.0 Å². The second-order valence-electron chi connectivity index (χ2n) is 4.42. The third kappa shape index (κ3) is 3.09. The third-order valence-electron chi connectivity index (χ3n) is 2.68. The van der Waals surface area contributed by atoms with Gasteiger partial charge in [-0.3, -0.25) is 4.79 Å². The minimum absolute atomic E-state index is 0.133. The maximum atomic E-state index is 13.2. The molecule has 0 aliphatic heterocycles. The first-order valence-electron chi connectivity index (χ1n) is 6.09. The van der Waals surface area contributed by atoms with Gasteiger partial charge in [-0.25, -0.2) is 14.4 Å². The number of rotatable bonds is 3. The van der Waals surface area contributed by atoms with Crippen LogP contribution in [0, 0.1) is 19.7 Å². The standard InChI is InChI=1S/C14H15FN4O/c1-8-4-9(2)18-12(5-8)19-14(20)11-6-10(15)7-17-13(11)16-3/h4-7H,1-3H3,(H,16,17)(H,18,19,20). The molecule has 2 N–H and O–H groups in total. The van der Waals surface area contributed by atoms with Gasteiger partial charge in [-0.05, 0) is 37.6 Å². The van der Waals surface area contributed by atoms with Crippen LogP contribution in [-0.2, 0) is 0 Å². The molecule has 2 aromatic heterocycles. The zero-order valence-corrected chi connectivity index (χ0v) is 11.5. The van der Waals surface area contributed by atoms with Crippen LogP contribution in [-0.4, -0.2) is 22.9 Å². The molecule has 0 aromatic carbocycles. The molecule has 20 heavy (non-hydrogen) atoms. The number of aromatic nitrogens is 2. The number of pyridine rings is 2. The average molecular weight is 274 g/mol. The lowest BCUT2D eigenvalue weighted by atomic mass is 10.2. The minimum Gasteiger partial charge on any atom is -0.372 e. The van der Waals surface area contributed by atoms with Gasteiger partial charge in [-0.15, -0.1) is 0 Å². The molecule has 0 bridgehead atoms. The Morgan fingerprint density at radius 3 is 2.65 bits per heavy atom. The fourth-order valence-corrected chi connectivity index (χ4v) is 1.90. The van der Waals surface area contributed by atoms with E-state index in [9.17, 15) is 9.18 Å². The number of halogens is 1. The van der Waals surface area contributed by atoms with Gasteiger partial charge in [0.05, 0.1) is 11.8 Å². The highest BCUT2D eigenvalue weighted by molar-refractivity contribution is 6.07. The molecular formula is C14H15FN4O. The number of anilines is 2. The Morgan fingerprint density at radius 2 is 2.00 bits per heavy atom. The van der Waals surface area contributed by atoms with Crippen molar-refractivity contribution >= 4 is 17.5 Å². The van der Waals surface area contributed by atoms with Crippen LogP contribution in [0.15, 0.2) is 24.4 Å². The highest BCUT2D eigenvalue weighted by atomic mass is 19.1. The summed E-state index contributed by atoms with van der Waals surface area (Å²) in [5.74, 6) is -0.284. The van der Waals surface area contributed by atoms with E-state index >= 15 is 0 Å². The van der Waals surface area contributed by atoms with Crippen LogP contribution in [0.25, 0.3) is 0 Å². The Labute approximate surface area is 116 Å². The smallest absolute Gasteiger partial charge is 0.260 e. The maximum Gasteiger partial charge on any atom is 0.260 e. The summed E-state index contributed by atoms with van der Waals surface area (Å²) in [5, 5.41) is 5.40. The molecule has 0 saturated carbocycles. The van der Waals surface area contributed by atoms with E-state index in [1.165, 1.54) is 0 Å². The summed E-state index contributed by atoms with van der Waals surface area (Å²) in [5.41, 5.74) is 1.92. The molecule has 0 fully saturated rings.